The minimum Gasteiger partial charge on any atom is -0.368 e. The van der Waals surface area contributed by atoms with Crippen molar-refractivity contribution < 1.29 is 4.79 Å². The highest BCUT2D eigenvalue weighted by atomic mass is 35.5. The summed E-state index contributed by atoms with van der Waals surface area (Å²) in [6.45, 7) is 2.67. The first-order valence-corrected chi connectivity index (χ1v) is 9.20. The van der Waals surface area contributed by atoms with Crippen LogP contribution in [0.1, 0.15) is 10.4 Å². The highest BCUT2D eigenvalue weighted by Gasteiger charge is 2.25. The standard InChI is InChI=1S/C18H16Cl2N6O/c19-13-2-1-3-15(10-13)24-6-8-25(9-7-24)18(27)16-11-14(20)4-5-17(16)26-12-21-22-23-26/h1-5,10-12H,6-9H2. The van der Waals surface area contributed by atoms with Crippen molar-refractivity contribution in [3.8, 4) is 5.69 Å². The molecule has 1 amide bonds. The zero-order chi connectivity index (χ0) is 18.8. The van der Waals surface area contributed by atoms with Crippen LogP contribution in [0.3, 0.4) is 0 Å². The summed E-state index contributed by atoms with van der Waals surface area (Å²) in [4.78, 5) is 17.1. The van der Waals surface area contributed by atoms with E-state index in [2.05, 4.69) is 20.4 Å². The van der Waals surface area contributed by atoms with Crippen LogP contribution in [-0.2, 0) is 0 Å². The number of hydrogen-bond acceptors (Lipinski definition) is 5. The number of benzene rings is 2. The summed E-state index contributed by atoms with van der Waals surface area (Å²) < 4.78 is 1.46. The second-order valence-electron chi connectivity index (χ2n) is 6.17. The molecule has 0 bridgehead atoms. The lowest BCUT2D eigenvalue weighted by Gasteiger charge is -2.36. The first-order chi connectivity index (χ1) is 13.1. The van der Waals surface area contributed by atoms with Gasteiger partial charge in [-0.25, -0.2) is 0 Å². The van der Waals surface area contributed by atoms with Crippen LogP contribution in [0.25, 0.3) is 5.69 Å². The summed E-state index contributed by atoms with van der Waals surface area (Å²) in [5, 5.41) is 12.4. The molecule has 2 heterocycles. The van der Waals surface area contributed by atoms with Crippen LogP contribution < -0.4 is 4.90 Å². The molecule has 9 heteroatoms. The number of hydrogen-bond donors (Lipinski definition) is 0. The van der Waals surface area contributed by atoms with Gasteiger partial charge in [-0.2, -0.15) is 4.68 Å². The molecule has 1 saturated heterocycles. The van der Waals surface area contributed by atoms with Crippen molar-refractivity contribution in [2.24, 2.45) is 0 Å². The van der Waals surface area contributed by atoms with Gasteiger partial charge in [-0.1, -0.05) is 29.3 Å². The van der Waals surface area contributed by atoms with E-state index >= 15 is 0 Å². The van der Waals surface area contributed by atoms with E-state index in [4.69, 9.17) is 23.2 Å². The first kappa shape index (κ1) is 17.8. The number of carbonyl (C=O) groups is 1. The summed E-state index contributed by atoms with van der Waals surface area (Å²) in [6, 6.07) is 12.9. The van der Waals surface area contributed by atoms with Crippen molar-refractivity contribution in [3.63, 3.8) is 0 Å². The molecular formula is C18H16Cl2N6O. The van der Waals surface area contributed by atoms with E-state index in [9.17, 15) is 4.79 Å². The third-order valence-corrected chi connectivity index (χ3v) is 5.00. The molecule has 7 nitrogen and oxygen atoms in total. The summed E-state index contributed by atoms with van der Waals surface area (Å²) in [6.07, 6.45) is 1.46. The fourth-order valence-corrected chi connectivity index (χ4v) is 3.52. The van der Waals surface area contributed by atoms with E-state index in [1.165, 1.54) is 11.0 Å². The molecule has 0 spiro atoms. The Labute approximate surface area is 166 Å². The van der Waals surface area contributed by atoms with Gasteiger partial charge in [0.05, 0.1) is 11.3 Å². The largest absolute Gasteiger partial charge is 0.368 e. The molecule has 138 valence electrons. The smallest absolute Gasteiger partial charge is 0.256 e. The summed E-state index contributed by atoms with van der Waals surface area (Å²) in [5.74, 6) is -0.0891. The van der Waals surface area contributed by atoms with Gasteiger partial charge >= 0.3 is 0 Å². The van der Waals surface area contributed by atoms with Crippen molar-refractivity contribution in [2.45, 2.75) is 0 Å². The number of halogens is 2. The Morgan fingerprint density at radius 3 is 2.44 bits per heavy atom. The van der Waals surface area contributed by atoms with Crippen molar-refractivity contribution in [2.75, 3.05) is 31.1 Å². The van der Waals surface area contributed by atoms with Crippen LogP contribution >= 0.6 is 23.2 Å². The molecule has 1 aliphatic rings. The van der Waals surface area contributed by atoms with Crippen molar-refractivity contribution in [1.82, 2.24) is 25.1 Å². The number of tetrazole rings is 1. The number of carbonyl (C=O) groups excluding carboxylic acids is 1. The minimum atomic E-state index is -0.0891. The predicted octanol–water partition coefficient (Wildman–Crippen LogP) is 2.93. The number of nitrogens with zero attached hydrogens (tertiary/aromatic N) is 6. The third-order valence-electron chi connectivity index (χ3n) is 4.53. The molecule has 0 unspecified atom stereocenters. The van der Waals surface area contributed by atoms with Crippen molar-refractivity contribution >= 4 is 34.8 Å². The first-order valence-electron chi connectivity index (χ1n) is 8.44. The Morgan fingerprint density at radius 1 is 0.963 bits per heavy atom. The summed E-state index contributed by atoms with van der Waals surface area (Å²) in [5.41, 5.74) is 2.14. The zero-order valence-corrected chi connectivity index (χ0v) is 15.8. The summed E-state index contributed by atoms with van der Waals surface area (Å²) >= 11 is 12.2. The second-order valence-corrected chi connectivity index (χ2v) is 7.05. The Bertz CT molecular complexity index is 954. The molecule has 3 aromatic rings. The molecule has 27 heavy (non-hydrogen) atoms. The van der Waals surface area contributed by atoms with Crippen LogP contribution in [0.5, 0.6) is 0 Å². The average Bonchev–Trinajstić information content (AvgIpc) is 3.22. The molecule has 4 rings (SSSR count). The van der Waals surface area contributed by atoms with Crippen molar-refractivity contribution in [1.29, 1.82) is 0 Å². The van der Waals surface area contributed by atoms with E-state index < -0.39 is 0 Å². The van der Waals surface area contributed by atoms with Crippen LogP contribution in [0.15, 0.2) is 48.8 Å². The van der Waals surface area contributed by atoms with Gasteiger partial charge in [-0.15, -0.1) is 5.10 Å². The maximum absolute atomic E-state index is 13.1. The molecule has 1 aromatic heterocycles. The topological polar surface area (TPSA) is 67.2 Å². The molecule has 0 aliphatic carbocycles. The fraction of sp³-hybridized carbons (Fsp3) is 0.222. The van der Waals surface area contributed by atoms with Gasteiger partial charge in [0.2, 0.25) is 0 Å². The van der Waals surface area contributed by atoms with Crippen LogP contribution in [0.4, 0.5) is 5.69 Å². The number of rotatable bonds is 3. The van der Waals surface area contributed by atoms with Crippen LogP contribution in [0, 0.1) is 0 Å². The molecule has 2 aromatic carbocycles. The normalized spacial score (nSPS) is 14.4. The lowest BCUT2D eigenvalue weighted by Crippen LogP contribution is -2.49. The molecule has 0 atom stereocenters. The number of anilines is 1. The molecule has 1 aliphatic heterocycles. The third kappa shape index (κ3) is 3.74. The molecular weight excluding hydrogens is 387 g/mol. The number of amides is 1. The van der Waals surface area contributed by atoms with Crippen LogP contribution in [-0.4, -0.2) is 57.2 Å². The minimum absolute atomic E-state index is 0.0891. The maximum Gasteiger partial charge on any atom is 0.256 e. The van der Waals surface area contributed by atoms with Gasteiger partial charge in [0.25, 0.3) is 5.91 Å². The highest BCUT2D eigenvalue weighted by Crippen LogP contribution is 2.24. The lowest BCUT2D eigenvalue weighted by atomic mass is 10.1. The van der Waals surface area contributed by atoms with Gasteiger partial charge < -0.3 is 9.80 Å². The maximum atomic E-state index is 13.1. The number of aromatic nitrogens is 4. The molecule has 0 saturated carbocycles. The van der Waals surface area contributed by atoms with Gasteiger partial charge in [0, 0.05) is 41.9 Å². The van der Waals surface area contributed by atoms with Gasteiger partial charge in [-0.05, 0) is 46.8 Å². The second kappa shape index (κ2) is 7.54. The van der Waals surface area contributed by atoms with E-state index in [0.717, 1.165) is 18.8 Å². The van der Waals surface area contributed by atoms with E-state index in [1.54, 1.807) is 18.2 Å². The fourth-order valence-electron chi connectivity index (χ4n) is 3.16. The predicted molar refractivity (Wildman–Crippen MR) is 104 cm³/mol. The molecule has 0 N–H and O–H groups in total. The Hall–Kier alpha value is -2.64. The van der Waals surface area contributed by atoms with Crippen LogP contribution in [0.2, 0.25) is 10.0 Å². The Balaban J connectivity index is 1.53. The van der Waals surface area contributed by atoms with Crippen molar-refractivity contribution in [3.05, 3.63) is 64.4 Å². The average molecular weight is 403 g/mol. The van der Waals surface area contributed by atoms with E-state index in [1.807, 2.05) is 29.2 Å². The van der Waals surface area contributed by atoms with Gasteiger partial charge in [-0.3, -0.25) is 4.79 Å². The molecule has 0 radical (unpaired) electrons. The Kier molecular flexibility index (Phi) is 4.96. The van der Waals surface area contributed by atoms with E-state index in [-0.39, 0.29) is 5.91 Å². The zero-order valence-electron chi connectivity index (χ0n) is 14.3. The molecule has 1 fully saturated rings. The summed E-state index contributed by atoms with van der Waals surface area (Å²) in [7, 11) is 0. The highest BCUT2D eigenvalue weighted by molar-refractivity contribution is 6.31. The number of piperazine rings is 1. The quantitative estimate of drug-likeness (QED) is 0.673. The van der Waals surface area contributed by atoms with Gasteiger partial charge in [0.15, 0.2) is 0 Å². The lowest BCUT2D eigenvalue weighted by molar-refractivity contribution is 0.0746. The van der Waals surface area contributed by atoms with E-state index in [0.29, 0.717) is 34.4 Å². The SMILES string of the molecule is O=C(c1cc(Cl)ccc1-n1cnnn1)N1CCN(c2cccc(Cl)c2)CC1. The monoisotopic (exact) mass is 402 g/mol. The van der Waals surface area contributed by atoms with Gasteiger partial charge in [0.1, 0.15) is 6.33 Å². The Morgan fingerprint density at radius 2 is 1.74 bits per heavy atom.